The average Bonchev–Trinajstić information content (AvgIpc) is 3.32. The molecule has 0 saturated carbocycles. The number of carbonyl (C=O) groups excluding carboxylic acids is 1. The first-order valence-corrected chi connectivity index (χ1v) is 11.0. The Balaban J connectivity index is 1.51. The molecule has 1 amide bonds. The fourth-order valence-corrected chi connectivity index (χ4v) is 3.76. The first-order chi connectivity index (χ1) is 16.5. The molecule has 34 heavy (non-hydrogen) atoms. The smallest absolute Gasteiger partial charge is 0.327 e. The highest BCUT2D eigenvalue weighted by atomic mass is 16.5. The van der Waals surface area contributed by atoms with Crippen LogP contribution in [0.2, 0.25) is 0 Å². The molecule has 1 N–H and O–H groups in total. The Labute approximate surface area is 196 Å². The van der Waals surface area contributed by atoms with Crippen molar-refractivity contribution in [1.29, 1.82) is 0 Å². The number of pyridine rings is 1. The third kappa shape index (κ3) is 4.40. The van der Waals surface area contributed by atoms with Crippen molar-refractivity contribution in [3.8, 4) is 23.1 Å². The van der Waals surface area contributed by atoms with Crippen molar-refractivity contribution < 1.29 is 14.3 Å². The number of anilines is 1. The van der Waals surface area contributed by atoms with E-state index in [1.807, 2.05) is 18.3 Å². The van der Waals surface area contributed by atoms with Gasteiger partial charge in [-0.15, -0.1) is 0 Å². The number of carbonyl (C=O) groups is 1. The van der Waals surface area contributed by atoms with Gasteiger partial charge in [-0.2, -0.15) is 15.0 Å². The topological polar surface area (TPSA) is 109 Å². The van der Waals surface area contributed by atoms with Gasteiger partial charge in [-0.1, -0.05) is 0 Å². The van der Waals surface area contributed by atoms with Crippen molar-refractivity contribution >= 4 is 22.9 Å². The van der Waals surface area contributed by atoms with Crippen molar-refractivity contribution in [2.24, 2.45) is 0 Å². The first kappa shape index (κ1) is 21.8. The van der Waals surface area contributed by atoms with Crippen LogP contribution >= 0.6 is 0 Å². The number of benzene rings is 1. The number of rotatable bonds is 5. The third-order valence-corrected chi connectivity index (χ3v) is 5.60. The monoisotopic (exact) mass is 459 g/mol. The van der Waals surface area contributed by atoms with Crippen molar-refractivity contribution in [3.05, 3.63) is 54.4 Å². The third-order valence-electron chi connectivity index (χ3n) is 5.60. The van der Waals surface area contributed by atoms with E-state index in [2.05, 4.69) is 31.8 Å². The molecule has 0 aliphatic carbocycles. The minimum Gasteiger partial charge on any atom is -0.424 e. The van der Waals surface area contributed by atoms with Crippen molar-refractivity contribution in [1.82, 2.24) is 29.8 Å². The van der Waals surface area contributed by atoms with E-state index in [9.17, 15) is 4.79 Å². The van der Waals surface area contributed by atoms with E-state index in [1.54, 1.807) is 44.6 Å². The summed E-state index contributed by atoms with van der Waals surface area (Å²) in [5.41, 5.74) is 2.12. The summed E-state index contributed by atoms with van der Waals surface area (Å²) in [4.78, 5) is 37.2. The first-order valence-electron chi connectivity index (χ1n) is 11.0. The molecule has 10 heteroatoms. The average molecular weight is 460 g/mol. The molecular formula is C24H25N7O3. The van der Waals surface area contributed by atoms with Crippen LogP contribution in [0.5, 0.6) is 11.8 Å². The van der Waals surface area contributed by atoms with Gasteiger partial charge in [0.1, 0.15) is 11.4 Å². The Bertz CT molecular complexity index is 1320. The molecule has 4 aromatic rings. The van der Waals surface area contributed by atoms with E-state index in [-0.39, 0.29) is 18.0 Å². The number of hydrogen-bond acceptors (Lipinski definition) is 8. The minimum absolute atomic E-state index is 0.0785. The van der Waals surface area contributed by atoms with Crippen LogP contribution in [0.1, 0.15) is 17.3 Å². The number of aromatic amines is 1. The summed E-state index contributed by atoms with van der Waals surface area (Å²) in [5.74, 6) is 1.43. The zero-order valence-electron chi connectivity index (χ0n) is 19.2. The van der Waals surface area contributed by atoms with Crippen LogP contribution in [0.25, 0.3) is 22.4 Å². The summed E-state index contributed by atoms with van der Waals surface area (Å²) < 4.78 is 11.6. The molecule has 1 saturated heterocycles. The second-order valence-electron chi connectivity index (χ2n) is 8.32. The van der Waals surface area contributed by atoms with E-state index < -0.39 is 0 Å². The molecule has 1 aliphatic rings. The Morgan fingerprint density at radius 2 is 2.00 bits per heavy atom. The normalized spacial score (nSPS) is 16.0. The number of hydrogen-bond donors (Lipinski definition) is 1. The number of amides is 1. The predicted octanol–water partition coefficient (Wildman–Crippen LogP) is 3.13. The van der Waals surface area contributed by atoms with Crippen LogP contribution in [0.15, 0.2) is 48.8 Å². The molecule has 174 valence electrons. The Morgan fingerprint density at radius 1 is 1.18 bits per heavy atom. The van der Waals surface area contributed by atoms with E-state index in [0.717, 1.165) is 16.6 Å². The summed E-state index contributed by atoms with van der Waals surface area (Å²) in [5, 5.41) is 0.961. The molecule has 0 radical (unpaired) electrons. The van der Waals surface area contributed by atoms with E-state index in [1.165, 1.54) is 4.90 Å². The molecule has 1 unspecified atom stereocenters. The zero-order chi connectivity index (χ0) is 23.7. The van der Waals surface area contributed by atoms with Crippen LogP contribution in [0.3, 0.4) is 0 Å². The number of fused-ring (bicyclic) bond motifs is 1. The van der Waals surface area contributed by atoms with Gasteiger partial charge in [0.25, 0.3) is 5.91 Å². The fraction of sp³-hybridized carbons (Fsp3) is 0.292. The molecule has 0 bridgehead atoms. The maximum Gasteiger partial charge on any atom is 0.327 e. The van der Waals surface area contributed by atoms with Gasteiger partial charge in [-0.05, 0) is 43.3 Å². The SMILES string of the molecule is CC1COCCN1c1nc(Oc2ccc(C(=O)N(C)C)cc2)nc(-c2cnc3[nH]ccc3c2)n1. The molecule has 1 aromatic carbocycles. The molecule has 1 aliphatic heterocycles. The molecule has 0 spiro atoms. The number of nitrogens with zero attached hydrogens (tertiary/aromatic N) is 6. The quantitative estimate of drug-likeness (QED) is 0.485. The summed E-state index contributed by atoms with van der Waals surface area (Å²) in [6, 6.07) is 11.1. The number of ether oxygens (including phenoxy) is 2. The Hall–Kier alpha value is -4.05. The highest BCUT2D eigenvalue weighted by Gasteiger charge is 2.24. The second-order valence-corrected chi connectivity index (χ2v) is 8.32. The van der Waals surface area contributed by atoms with Crippen LogP contribution in [0, 0.1) is 0 Å². The maximum absolute atomic E-state index is 12.2. The van der Waals surface area contributed by atoms with Crippen molar-refractivity contribution in [3.63, 3.8) is 0 Å². The number of morpholine rings is 1. The van der Waals surface area contributed by atoms with Gasteiger partial charge in [-0.25, -0.2) is 4.98 Å². The van der Waals surface area contributed by atoms with Crippen LogP contribution in [-0.4, -0.2) is 75.6 Å². The highest BCUT2D eigenvalue weighted by Crippen LogP contribution is 2.27. The molecule has 10 nitrogen and oxygen atoms in total. The van der Waals surface area contributed by atoms with E-state index >= 15 is 0 Å². The molecule has 4 heterocycles. The van der Waals surface area contributed by atoms with Gasteiger partial charge in [0.2, 0.25) is 5.95 Å². The van der Waals surface area contributed by atoms with Gasteiger partial charge in [-0.3, -0.25) is 4.79 Å². The lowest BCUT2D eigenvalue weighted by Gasteiger charge is -2.33. The van der Waals surface area contributed by atoms with Crippen molar-refractivity contribution in [2.75, 3.05) is 38.8 Å². The summed E-state index contributed by atoms with van der Waals surface area (Å²) in [6.07, 6.45) is 3.57. The van der Waals surface area contributed by atoms with Gasteiger partial charge in [0.15, 0.2) is 5.82 Å². The minimum atomic E-state index is -0.0785. The zero-order valence-corrected chi connectivity index (χ0v) is 19.2. The van der Waals surface area contributed by atoms with Gasteiger partial charge < -0.3 is 24.3 Å². The Morgan fingerprint density at radius 3 is 2.76 bits per heavy atom. The summed E-state index contributed by atoms with van der Waals surface area (Å²) in [7, 11) is 3.43. The second kappa shape index (κ2) is 9.06. The van der Waals surface area contributed by atoms with Gasteiger partial charge in [0.05, 0.1) is 19.3 Å². The van der Waals surface area contributed by atoms with Crippen molar-refractivity contribution in [2.45, 2.75) is 13.0 Å². The fourth-order valence-electron chi connectivity index (χ4n) is 3.76. The summed E-state index contributed by atoms with van der Waals surface area (Å²) >= 11 is 0. The molecule has 5 rings (SSSR count). The maximum atomic E-state index is 12.2. The summed E-state index contributed by atoms with van der Waals surface area (Å²) in [6.45, 7) is 3.92. The molecule has 3 aromatic heterocycles. The molecule has 1 atom stereocenters. The predicted molar refractivity (Wildman–Crippen MR) is 127 cm³/mol. The lowest BCUT2D eigenvalue weighted by Crippen LogP contribution is -2.44. The van der Waals surface area contributed by atoms with E-state index in [4.69, 9.17) is 14.5 Å². The number of aromatic nitrogens is 5. The standard InChI is InChI=1S/C24H25N7O3/c1-15-14-33-11-10-31(15)23-27-21(18-12-17-8-9-25-20(17)26-13-18)28-24(29-23)34-19-6-4-16(5-7-19)22(32)30(2)3/h4-9,12-13,15H,10-11,14H2,1-3H3,(H,25,26). The molecule has 1 fully saturated rings. The number of nitrogens with one attached hydrogen (secondary N) is 1. The van der Waals surface area contributed by atoms with Crippen LogP contribution in [0.4, 0.5) is 5.95 Å². The lowest BCUT2D eigenvalue weighted by molar-refractivity contribution is 0.0827. The number of H-pyrrole nitrogens is 1. The van der Waals surface area contributed by atoms with Crippen LogP contribution < -0.4 is 9.64 Å². The largest absolute Gasteiger partial charge is 0.424 e. The lowest BCUT2D eigenvalue weighted by atomic mass is 10.2. The molecular weight excluding hydrogens is 434 g/mol. The van der Waals surface area contributed by atoms with Crippen LogP contribution in [-0.2, 0) is 4.74 Å². The van der Waals surface area contributed by atoms with Gasteiger partial charge in [0, 0.05) is 49.5 Å². The highest BCUT2D eigenvalue weighted by molar-refractivity contribution is 5.93. The Kier molecular flexibility index (Phi) is 5.81. The van der Waals surface area contributed by atoms with E-state index in [0.29, 0.717) is 42.8 Å². The van der Waals surface area contributed by atoms with Gasteiger partial charge >= 0.3 is 6.01 Å².